The Morgan fingerprint density at radius 3 is 2.23 bits per heavy atom. The Kier molecular flexibility index (Phi) is 5.25. The second kappa shape index (κ2) is 7.15. The Morgan fingerprint density at radius 1 is 0.962 bits per heavy atom. The fourth-order valence-electron chi connectivity index (χ4n) is 4.42. The van der Waals surface area contributed by atoms with Crippen LogP contribution in [0.3, 0.4) is 0 Å². The van der Waals surface area contributed by atoms with E-state index in [1.807, 2.05) is 0 Å². The van der Waals surface area contributed by atoms with Crippen LogP contribution in [0.1, 0.15) is 58.8 Å². The number of hydrogen-bond donors (Lipinski definition) is 0. The van der Waals surface area contributed by atoms with Gasteiger partial charge in [-0.05, 0) is 12.8 Å². The minimum atomic E-state index is -1.55. The molecule has 1 aliphatic heterocycles. The summed E-state index contributed by atoms with van der Waals surface area (Å²) >= 11 is 0. The van der Waals surface area contributed by atoms with Crippen LogP contribution in [0.15, 0.2) is 0 Å². The second-order valence-corrected chi connectivity index (χ2v) is 7.35. The monoisotopic (exact) mass is 370 g/mol. The third-order valence-electron chi connectivity index (χ3n) is 5.34. The highest BCUT2D eigenvalue weighted by atomic mass is 16.8. The molecule has 3 rings (SSSR count). The number of esters is 3. The summed E-state index contributed by atoms with van der Waals surface area (Å²) in [4.78, 5) is 35.7. The number of methoxy groups -OCH3 is 1. The molecule has 3 fully saturated rings. The van der Waals surface area contributed by atoms with Crippen molar-refractivity contribution >= 4 is 17.9 Å². The van der Waals surface area contributed by atoms with Crippen molar-refractivity contribution in [1.82, 2.24) is 0 Å². The van der Waals surface area contributed by atoms with E-state index in [4.69, 9.17) is 23.7 Å². The summed E-state index contributed by atoms with van der Waals surface area (Å²) in [5, 5.41) is 0. The van der Waals surface area contributed by atoms with Crippen molar-refractivity contribution in [3.8, 4) is 0 Å². The molecule has 146 valence electrons. The highest BCUT2D eigenvalue weighted by Gasteiger charge is 2.62. The first kappa shape index (κ1) is 19.1. The molecule has 0 radical (unpaired) electrons. The van der Waals surface area contributed by atoms with Crippen LogP contribution in [0.5, 0.6) is 0 Å². The molecule has 0 aromatic carbocycles. The number of fused-ring (bicyclic) bond motifs is 1. The lowest BCUT2D eigenvalue weighted by Crippen LogP contribution is -2.58. The number of rotatable bonds is 3. The van der Waals surface area contributed by atoms with E-state index in [2.05, 4.69) is 0 Å². The molecule has 0 aromatic heterocycles. The molecule has 3 aliphatic rings. The molecular formula is C18H26O8. The molecule has 8 nitrogen and oxygen atoms in total. The van der Waals surface area contributed by atoms with Gasteiger partial charge in [0.1, 0.15) is 12.2 Å². The molecule has 4 atom stereocenters. The van der Waals surface area contributed by atoms with Crippen molar-refractivity contribution in [2.75, 3.05) is 7.11 Å². The summed E-state index contributed by atoms with van der Waals surface area (Å²) in [6.45, 7) is 2.52. The largest absolute Gasteiger partial charge is 0.466 e. The number of carbonyl (C=O) groups excluding carboxylic acids is 3. The van der Waals surface area contributed by atoms with Gasteiger partial charge in [0.05, 0.1) is 13.2 Å². The molecule has 1 heterocycles. The average Bonchev–Trinajstić information content (AvgIpc) is 2.91. The highest BCUT2D eigenvalue weighted by Crippen LogP contribution is 2.48. The summed E-state index contributed by atoms with van der Waals surface area (Å²) in [7, 11) is 1.23. The molecule has 8 heteroatoms. The predicted octanol–water partition coefficient (Wildman–Crippen LogP) is 1.63. The van der Waals surface area contributed by atoms with E-state index in [1.165, 1.54) is 21.0 Å². The molecule has 0 amide bonds. The molecule has 0 N–H and O–H groups in total. The van der Waals surface area contributed by atoms with Crippen molar-refractivity contribution in [2.24, 2.45) is 0 Å². The van der Waals surface area contributed by atoms with Crippen LogP contribution in [0, 0.1) is 0 Å². The molecule has 1 spiro atoms. The van der Waals surface area contributed by atoms with Gasteiger partial charge >= 0.3 is 17.9 Å². The van der Waals surface area contributed by atoms with Crippen molar-refractivity contribution in [1.29, 1.82) is 0 Å². The zero-order valence-corrected chi connectivity index (χ0v) is 15.4. The SMILES string of the molecule is COC(=O)[C@@]1(OC(C)=O)C[C@@H](OC(C)=O)[C@@H]2OC3(CCCCC3)O[C@@H]2C1. The summed E-state index contributed by atoms with van der Waals surface area (Å²) < 4.78 is 28.1. The van der Waals surface area contributed by atoms with E-state index in [9.17, 15) is 14.4 Å². The van der Waals surface area contributed by atoms with E-state index < -0.39 is 47.6 Å². The lowest BCUT2D eigenvalue weighted by Gasteiger charge is -2.41. The Labute approximate surface area is 152 Å². The molecule has 26 heavy (non-hydrogen) atoms. The van der Waals surface area contributed by atoms with Gasteiger partial charge in [0.2, 0.25) is 5.60 Å². The van der Waals surface area contributed by atoms with Crippen LogP contribution in [-0.4, -0.2) is 54.7 Å². The quantitative estimate of drug-likeness (QED) is 0.546. The lowest BCUT2D eigenvalue weighted by atomic mass is 9.79. The fourth-order valence-corrected chi connectivity index (χ4v) is 4.42. The van der Waals surface area contributed by atoms with E-state index in [0.717, 1.165) is 32.1 Å². The summed E-state index contributed by atoms with van der Waals surface area (Å²) in [6, 6.07) is 0. The van der Waals surface area contributed by atoms with Crippen LogP contribution in [0.25, 0.3) is 0 Å². The molecule has 2 aliphatic carbocycles. The Morgan fingerprint density at radius 2 is 1.65 bits per heavy atom. The van der Waals surface area contributed by atoms with Gasteiger partial charge in [-0.3, -0.25) is 9.59 Å². The lowest BCUT2D eigenvalue weighted by molar-refractivity contribution is -0.203. The molecular weight excluding hydrogens is 344 g/mol. The van der Waals surface area contributed by atoms with E-state index in [1.54, 1.807) is 0 Å². The van der Waals surface area contributed by atoms with E-state index in [-0.39, 0.29) is 12.8 Å². The van der Waals surface area contributed by atoms with Crippen LogP contribution in [-0.2, 0) is 38.1 Å². The van der Waals surface area contributed by atoms with Gasteiger partial charge in [-0.2, -0.15) is 0 Å². The Balaban J connectivity index is 1.91. The minimum Gasteiger partial charge on any atom is -0.466 e. The van der Waals surface area contributed by atoms with Crippen LogP contribution in [0.4, 0.5) is 0 Å². The zero-order valence-electron chi connectivity index (χ0n) is 15.4. The summed E-state index contributed by atoms with van der Waals surface area (Å²) in [5.41, 5.74) is -1.55. The number of hydrogen-bond acceptors (Lipinski definition) is 8. The zero-order chi connectivity index (χ0) is 18.9. The first-order chi connectivity index (χ1) is 12.3. The normalized spacial score (nSPS) is 35.4. The van der Waals surface area contributed by atoms with Gasteiger partial charge < -0.3 is 23.7 Å². The smallest absolute Gasteiger partial charge is 0.350 e. The van der Waals surface area contributed by atoms with Gasteiger partial charge in [0.15, 0.2) is 5.79 Å². The second-order valence-electron chi connectivity index (χ2n) is 7.35. The van der Waals surface area contributed by atoms with E-state index >= 15 is 0 Å². The molecule has 0 unspecified atom stereocenters. The van der Waals surface area contributed by atoms with Crippen LogP contribution in [0.2, 0.25) is 0 Å². The third kappa shape index (κ3) is 3.57. The molecule has 1 saturated heterocycles. The maximum absolute atomic E-state index is 12.5. The molecule has 0 bridgehead atoms. The molecule has 2 saturated carbocycles. The van der Waals surface area contributed by atoms with Crippen molar-refractivity contribution in [3.05, 3.63) is 0 Å². The van der Waals surface area contributed by atoms with Crippen LogP contribution < -0.4 is 0 Å². The van der Waals surface area contributed by atoms with Gasteiger partial charge in [0, 0.05) is 39.5 Å². The standard InChI is InChI=1S/C18H26O8/c1-11(19)23-13-9-17(16(21)22-3,24-12(2)20)10-14-15(13)26-18(25-14)7-5-4-6-8-18/h13-15H,4-10H2,1-3H3/t13-,14-,15+,17-/m1/s1. The van der Waals surface area contributed by atoms with Gasteiger partial charge in [-0.15, -0.1) is 0 Å². The average molecular weight is 370 g/mol. The van der Waals surface area contributed by atoms with E-state index in [0.29, 0.717) is 0 Å². The first-order valence-electron chi connectivity index (χ1n) is 9.10. The fraction of sp³-hybridized carbons (Fsp3) is 0.833. The maximum atomic E-state index is 12.5. The topological polar surface area (TPSA) is 97.4 Å². The summed E-state index contributed by atoms with van der Waals surface area (Å²) in [6.07, 6.45) is 2.94. The maximum Gasteiger partial charge on any atom is 0.350 e. The van der Waals surface area contributed by atoms with Gasteiger partial charge in [0.25, 0.3) is 0 Å². The van der Waals surface area contributed by atoms with Crippen molar-refractivity contribution < 1.29 is 38.1 Å². The summed E-state index contributed by atoms with van der Waals surface area (Å²) in [5.74, 6) is -2.50. The Bertz CT molecular complexity index is 582. The Hall–Kier alpha value is -1.67. The molecule has 0 aromatic rings. The van der Waals surface area contributed by atoms with Crippen molar-refractivity contribution in [2.45, 2.75) is 88.5 Å². The highest BCUT2D eigenvalue weighted by molar-refractivity contribution is 5.83. The number of ether oxygens (including phenoxy) is 5. The van der Waals surface area contributed by atoms with Gasteiger partial charge in [-0.25, -0.2) is 4.79 Å². The van der Waals surface area contributed by atoms with Crippen LogP contribution >= 0.6 is 0 Å². The van der Waals surface area contributed by atoms with Crippen molar-refractivity contribution in [3.63, 3.8) is 0 Å². The minimum absolute atomic E-state index is 0.0144. The number of carbonyl (C=O) groups is 3. The first-order valence-corrected chi connectivity index (χ1v) is 9.10. The van der Waals surface area contributed by atoms with Gasteiger partial charge in [-0.1, -0.05) is 6.42 Å². The predicted molar refractivity (Wildman–Crippen MR) is 86.9 cm³/mol. The third-order valence-corrected chi connectivity index (χ3v) is 5.34.